The Hall–Kier alpha value is -1.91. The van der Waals surface area contributed by atoms with Crippen LogP contribution in [0.5, 0.6) is 0 Å². The Balaban J connectivity index is 2.49. The smallest absolute Gasteiger partial charge is 0.247 e. The van der Waals surface area contributed by atoms with E-state index >= 15 is 0 Å². The zero-order valence-corrected chi connectivity index (χ0v) is 6.11. The lowest BCUT2D eigenvalue weighted by Gasteiger charge is -1.91. The molecule has 2 aromatic rings. The fourth-order valence-electron chi connectivity index (χ4n) is 0.902. The third-order valence-corrected chi connectivity index (χ3v) is 1.47. The molecule has 0 radical (unpaired) electrons. The SMILES string of the molecule is O=c1ccc(-c2ncn[nH]2)c[nH]1. The van der Waals surface area contributed by atoms with Crippen LogP contribution >= 0.6 is 0 Å². The van der Waals surface area contributed by atoms with Gasteiger partial charge in [-0.1, -0.05) is 0 Å². The Bertz CT molecular complexity index is 397. The van der Waals surface area contributed by atoms with E-state index in [2.05, 4.69) is 20.2 Å². The first-order valence-corrected chi connectivity index (χ1v) is 3.41. The summed E-state index contributed by atoms with van der Waals surface area (Å²) in [5.74, 6) is 0.645. The highest BCUT2D eigenvalue weighted by Gasteiger charge is 1.97. The molecular formula is C7H6N4O. The van der Waals surface area contributed by atoms with Crippen molar-refractivity contribution in [2.45, 2.75) is 0 Å². The van der Waals surface area contributed by atoms with Crippen molar-refractivity contribution in [1.29, 1.82) is 0 Å². The van der Waals surface area contributed by atoms with Crippen molar-refractivity contribution in [2.75, 3.05) is 0 Å². The van der Waals surface area contributed by atoms with Crippen LogP contribution in [0.3, 0.4) is 0 Å². The Morgan fingerprint density at radius 1 is 1.33 bits per heavy atom. The second-order valence-electron chi connectivity index (χ2n) is 2.28. The minimum atomic E-state index is -0.127. The number of rotatable bonds is 1. The predicted octanol–water partition coefficient (Wildman–Crippen LogP) is 0.160. The van der Waals surface area contributed by atoms with E-state index in [-0.39, 0.29) is 5.56 Å². The lowest BCUT2D eigenvalue weighted by atomic mass is 10.3. The van der Waals surface area contributed by atoms with E-state index < -0.39 is 0 Å². The zero-order chi connectivity index (χ0) is 8.39. The summed E-state index contributed by atoms with van der Waals surface area (Å²) in [5, 5.41) is 6.38. The van der Waals surface area contributed by atoms with Crippen molar-refractivity contribution in [2.24, 2.45) is 0 Å². The molecule has 0 amide bonds. The van der Waals surface area contributed by atoms with Crippen molar-refractivity contribution in [1.82, 2.24) is 20.2 Å². The maximum absolute atomic E-state index is 10.7. The molecule has 2 N–H and O–H groups in total. The van der Waals surface area contributed by atoms with Gasteiger partial charge < -0.3 is 4.98 Å². The van der Waals surface area contributed by atoms with Gasteiger partial charge in [0.05, 0.1) is 0 Å². The van der Waals surface area contributed by atoms with Gasteiger partial charge in [-0.25, -0.2) is 4.98 Å². The van der Waals surface area contributed by atoms with E-state index in [1.807, 2.05) is 0 Å². The fraction of sp³-hybridized carbons (Fsp3) is 0. The molecule has 60 valence electrons. The maximum atomic E-state index is 10.7. The molecule has 0 spiro atoms. The van der Waals surface area contributed by atoms with Crippen molar-refractivity contribution >= 4 is 0 Å². The average Bonchev–Trinajstić information content (AvgIpc) is 2.58. The first kappa shape index (κ1) is 6.78. The topological polar surface area (TPSA) is 74.4 Å². The van der Waals surface area contributed by atoms with Crippen molar-refractivity contribution in [3.8, 4) is 11.4 Å². The largest absolute Gasteiger partial charge is 0.328 e. The van der Waals surface area contributed by atoms with Gasteiger partial charge in [-0.2, -0.15) is 5.10 Å². The molecule has 12 heavy (non-hydrogen) atoms. The van der Waals surface area contributed by atoms with E-state index in [1.165, 1.54) is 12.4 Å². The second-order valence-corrected chi connectivity index (χ2v) is 2.28. The predicted molar refractivity (Wildman–Crippen MR) is 42.4 cm³/mol. The molecule has 0 saturated heterocycles. The summed E-state index contributed by atoms with van der Waals surface area (Å²) >= 11 is 0. The quantitative estimate of drug-likeness (QED) is 0.627. The van der Waals surface area contributed by atoms with Crippen LogP contribution in [0.4, 0.5) is 0 Å². The summed E-state index contributed by atoms with van der Waals surface area (Å²) in [6.45, 7) is 0. The molecule has 5 nitrogen and oxygen atoms in total. The Kier molecular flexibility index (Phi) is 1.48. The lowest BCUT2D eigenvalue weighted by Crippen LogP contribution is -2.01. The standard InChI is InChI=1S/C7H6N4O/c12-6-2-1-5(3-8-6)7-9-4-10-11-7/h1-4H,(H,8,12)(H,9,10,11). The summed E-state index contributed by atoms with van der Waals surface area (Å²) in [6.07, 6.45) is 3.00. The molecule has 5 heteroatoms. The maximum Gasteiger partial charge on any atom is 0.247 e. The van der Waals surface area contributed by atoms with Crippen LogP contribution < -0.4 is 5.56 Å². The van der Waals surface area contributed by atoms with Gasteiger partial charge in [-0.15, -0.1) is 0 Å². The van der Waals surface area contributed by atoms with Gasteiger partial charge in [0.15, 0.2) is 5.82 Å². The van der Waals surface area contributed by atoms with Crippen molar-refractivity contribution in [3.05, 3.63) is 35.0 Å². The van der Waals surface area contributed by atoms with Crippen LogP contribution in [0.1, 0.15) is 0 Å². The molecule has 0 aliphatic heterocycles. The summed E-state index contributed by atoms with van der Waals surface area (Å²) in [6, 6.07) is 3.12. The summed E-state index contributed by atoms with van der Waals surface area (Å²) < 4.78 is 0. The first-order valence-electron chi connectivity index (χ1n) is 3.41. The molecule has 0 fully saturated rings. The number of H-pyrrole nitrogens is 2. The van der Waals surface area contributed by atoms with Gasteiger partial charge in [-0.3, -0.25) is 9.89 Å². The average molecular weight is 162 g/mol. The summed E-state index contributed by atoms with van der Waals surface area (Å²) in [4.78, 5) is 17.2. The summed E-state index contributed by atoms with van der Waals surface area (Å²) in [7, 11) is 0. The van der Waals surface area contributed by atoms with E-state index in [4.69, 9.17) is 0 Å². The van der Waals surface area contributed by atoms with Gasteiger partial charge in [0.25, 0.3) is 0 Å². The molecule has 2 aromatic heterocycles. The number of pyridine rings is 1. The van der Waals surface area contributed by atoms with Crippen LogP contribution in [0.25, 0.3) is 11.4 Å². The molecule has 2 heterocycles. The molecule has 0 aliphatic carbocycles. The summed E-state index contributed by atoms with van der Waals surface area (Å²) in [5.41, 5.74) is 0.686. The Labute approximate surface area is 67.5 Å². The minimum Gasteiger partial charge on any atom is -0.328 e. The number of hydrogen-bond donors (Lipinski definition) is 2. The van der Waals surface area contributed by atoms with Crippen LogP contribution in [0, 0.1) is 0 Å². The molecule has 0 atom stereocenters. The number of nitrogens with one attached hydrogen (secondary N) is 2. The minimum absolute atomic E-state index is 0.127. The highest BCUT2D eigenvalue weighted by atomic mass is 16.1. The molecule has 0 aliphatic rings. The number of aromatic nitrogens is 4. The lowest BCUT2D eigenvalue weighted by molar-refractivity contribution is 1.09. The van der Waals surface area contributed by atoms with E-state index in [9.17, 15) is 4.79 Å². The van der Waals surface area contributed by atoms with Gasteiger partial charge in [0, 0.05) is 17.8 Å². The van der Waals surface area contributed by atoms with Gasteiger partial charge in [0.2, 0.25) is 5.56 Å². The third-order valence-electron chi connectivity index (χ3n) is 1.47. The van der Waals surface area contributed by atoms with Crippen molar-refractivity contribution in [3.63, 3.8) is 0 Å². The fourth-order valence-corrected chi connectivity index (χ4v) is 0.902. The van der Waals surface area contributed by atoms with Crippen LogP contribution in [-0.2, 0) is 0 Å². The van der Waals surface area contributed by atoms with Gasteiger partial charge in [0.1, 0.15) is 6.33 Å². The van der Waals surface area contributed by atoms with Crippen LogP contribution in [0.2, 0.25) is 0 Å². The van der Waals surface area contributed by atoms with Crippen molar-refractivity contribution < 1.29 is 0 Å². The molecule has 0 saturated carbocycles. The number of hydrogen-bond acceptors (Lipinski definition) is 3. The third kappa shape index (κ3) is 1.12. The molecule has 0 unspecified atom stereocenters. The highest BCUT2D eigenvalue weighted by Crippen LogP contribution is 2.08. The normalized spacial score (nSPS) is 10.0. The zero-order valence-electron chi connectivity index (χ0n) is 6.11. The van der Waals surface area contributed by atoms with Crippen LogP contribution in [-0.4, -0.2) is 20.2 Å². The van der Waals surface area contributed by atoms with E-state index in [1.54, 1.807) is 12.3 Å². The second kappa shape index (κ2) is 2.61. The Morgan fingerprint density at radius 2 is 2.25 bits per heavy atom. The first-order chi connectivity index (χ1) is 5.86. The number of aromatic amines is 2. The molecule has 2 rings (SSSR count). The van der Waals surface area contributed by atoms with Crippen LogP contribution in [0.15, 0.2) is 29.5 Å². The van der Waals surface area contributed by atoms with Gasteiger partial charge >= 0.3 is 0 Å². The van der Waals surface area contributed by atoms with Gasteiger partial charge in [-0.05, 0) is 6.07 Å². The Morgan fingerprint density at radius 3 is 2.83 bits per heavy atom. The molecule has 0 aromatic carbocycles. The molecule has 0 bridgehead atoms. The highest BCUT2D eigenvalue weighted by molar-refractivity contribution is 5.51. The molecular weight excluding hydrogens is 156 g/mol. The van der Waals surface area contributed by atoms with E-state index in [0.717, 1.165) is 5.56 Å². The number of nitrogens with zero attached hydrogens (tertiary/aromatic N) is 2. The van der Waals surface area contributed by atoms with E-state index in [0.29, 0.717) is 5.82 Å². The monoisotopic (exact) mass is 162 g/mol.